The maximum atomic E-state index is 12.0. The van der Waals surface area contributed by atoms with Crippen molar-refractivity contribution in [3.05, 3.63) is 10.7 Å². The zero-order valence-corrected chi connectivity index (χ0v) is 13.8. The van der Waals surface area contributed by atoms with Crippen molar-refractivity contribution in [1.29, 1.82) is 0 Å². The number of anilines is 2. The van der Waals surface area contributed by atoms with Crippen molar-refractivity contribution in [2.24, 2.45) is 0 Å². The van der Waals surface area contributed by atoms with Crippen LogP contribution in [0.4, 0.5) is 11.8 Å². The minimum Gasteiger partial charge on any atom is -0.354 e. The van der Waals surface area contributed by atoms with Gasteiger partial charge >= 0.3 is 0 Å². The maximum absolute atomic E-state index is 12.0. The fourth-order valence-corrected chi connectivity index (χ4v) is 2.40. The van der Waals surface area contributed by atoms with E-state index in [1.165, 1.54) is 0 Å². The highest BCUT2D eigenvalue weighted by molar-refractivity contribution is 9.10. The van der Waals surface area contributed by atoms with Crippen LogP contribution in [-0.4, -0.2) is 40.4 Å². The van der Waals surface area contributed by atoms with Crippen molar-refractivity contribution in [3.8, 4) is 0 Å². The largest absolute Gasteiger partial charge is 0.354 e. The highest BCUT2D eigenvalue weighted by atomic mass is 79.9. The second-order valence-electron chi connectivity index (χ2n) is 5.31. The van der Waals surface area contributed by atoms with Crippen LogP contribution in [0.15, 0.2) is 10.7 Å². The molecule has 1 aromatic rings. The van der Waals surface area contributed by atoms with Crippen LogP contribution < -0.4 is 15.5 Å². The summed E-state index contributed by atoms with van der Waals surface area (Å²) in [4.78, 5) is 34.0. The monoisotopic (exact) mass is 355 g/mol. The van der Waals surface area contributed by atoms with Crippen LogP contribution in [0.5, 0.6) is 0 Å². The maximum Gasteiger partial charge on any atom is 0.251 e. The Morgan fingerprint density at radius 3 is 2.86 bits per heavy atom. The molecule has 21 heavy (non-hydrogen) atoms. The predicted octanol–water partition coefficient (Wildman–Crippen LogP) is 1.30. The van der Waals surface area contributed by atoms with Gasteiger partial charge in [0.1, 0.15) is 11.4 Å². The SMILES string of the molecule is CCCNc1ncc(Br)c(N2CC(=O)NC(=O)C2(C)C)n1. The number of carbonyl (C=O) groups excluding carboxylic acids is 2. The zero-order chi connectivity index (χ0) is 15.6. The molecule has 1 aliphatic rings. The van der Waals surface area contributed by atoms with Gasteiger partial charge in [0.2, 0.25) is 11.9 Å². The third kappa shape index (κ3) is 3.15. The summed E-state index contributed by atoms with van der Waals surface area (Å²) in [5.74, 6) is 0.321. The van der Waals surface area contributed by atoms with E-state index in [9.17, 15) is 9.59 Å². The van der Waals surface area contributed by atoms with Crippen molar-refractivity contribution in [1.82, 2.24) is 15.3 Å². The number of nitrogens with one attached hydrogen (secondary N) is 2. The second kappa shape index (κ2) is 5.97. The second-order valence-corrected chi connectivity index (χ2v) is 6.17. The van der Waals surface area contributed by atoms with Gasteiger partial charge in [-0.2, -0.15) is 4.98 Å². The Labute approximate surface area is 131 Å². The standard InChI is InChI=1S/C13H18BrN5O2/c1-4-5-15-12-16-6-8(14)10(18-12)19-7-9(20)17-11(21)13(19,2)3/h6H,4-5,7H2,1-3H3,(H,15,16,18)(H,17,20,21). The van der Waals surface area contributed by atoms with E-state index in [-0.39, 0.29) is 18.4 Å². The van der Waals surface area contributed by atoms with Crippen molar-refractivity contribution in [2.45, 2.75) is 32.7 Å². The molecule has 8 heteroatoms. The van der Waals surface area contributed by atoms with Crippen molar-refractivity contribution in [2.75, 3.05) is 23.3 Å². The lowest BCUT2D eigenvalue weighted by Crippen LogP contribution is -2.64. The third-order valence-corrected chi connectivity index (χ3v) is 3.86. The topological polar surface area (TPSA) is 87.2 Å². The van der Waals surface area contributed by atoms with Gasteiger partial charge < -0.3 is 10.2 Å². The molecule has 0 aliphatic carbocycles. The van der Waals surface area contributed by atoms with Crippen molar-refractivity contribution in [3.63, 3.8) is 0 Å². The van der Waals surface area contributed by atoms with Gasteiger partial charge in [0, 0.05) is 12.7 Å². The molecule has 2 N–H and O–H groups in total. The summed E-state index contributed by atoms with van der Waals surface area (Å²) in [6, 6.07) is 0. The van der Waals surface area contributed by atoms with Gasteiger partial charge in [0.05, 0.1) is 11.0 Å². The summed E-state index contributed by atoms with van der Waals surface area (Å²) in [6.45, 7) is 6.37. The van der Waals surface area contributed by atoms with E-state index < -0.39 is 5.54 Å². The fraction of sp³-hybridized carbons (Fsp3) is 0.538. The first-order chi connectivity index (χ1) is 9.86. The molecule has 2 rings (SSSR count). The zero-order valence-electron chi connectivity index (χ0n) is 12.2. The number of amides is 2. The molecule has 0 saturated carbocycles. The van der Waals surface area contributed by atoms with Crippen LogP contribution in [0.1, 0.15) is 27.2 Å². The number of rotatable bonds is 4. The van der Waals surface area contributed by atoms with Crippen LogP contribution in [0.3, 0.4) is 0 Å². The van der Waals surface area contributed by atoms with Crippen LogP contribution in [0.25, 0.3) is 0 Å². The first-order valence-corrected chi connectivity index (χ1v) is 7.54. The summed E-state index contributed by atoms with van der Waals surface area (Å²) >= 11 is 3.39. The molecule has 0 aromatic carbocycles. The number of piperazine rings is 1. The molecular weight excluding hydrogens is 338 g/mol. The lowest BCUT2D eigenvalue weighted by molar-refractivity contribution is -0.135. The van der Waals surface area contributed by atoms with E-state index >= 15 is 0 Å². The third-order valence-electron chi connectivity index (χ3n) is 3.30. The molecule has 1 fully saturated rings. The van der Waals surface area contributed by atoms with Gasteiger partial charge in [0.25, 0.3) is 5.91 Å². The Kier molecular flexibility index (Phi) is 4.46. The molecular formula is C13H18BrN5O2. The molecule has 0 atom stereocenters. The minimum atomic E-state index is -0.868. The highest BCUT2D eigenvalue weighted by Crippen LogP contribution is 2.31. The van der Waals surface area contributed by atoms with Crippen LogP contribution in [-0.2, 0) is 9.59 Å². The summed E-state index contributed by atoms with van der Waals surface area (Å²) in [6.07, 6.45) is 2.57. The molecule has 2 amide bonds. The molecule has 1 saturated heterocycles. The van der Waals surface area contributed by atoms with E-state index in [0.29, 0.717) is 16.2 Å². The molecule has 1 aromatic heterocycles. The van der Waals surface area contributed by atoms with Crippen LogP contribution >= 0.6 is 15.9 Å². The smallest absolute Gasteiger partial charge is 0.251 e. The Morgan fingerprint density at radius 2 is 2.19 bits per heavy atom. The van der Waals surface area contributed by atoms with Crippen LogP contribution in [0, 0.1) is 0 Å². The number of carbonyl (C=O) groups is 2. The van der Waals surface area contributed by atoms with Crippen LogP contribution in [0.2, 0.25) is 0 Å². The van der Waals surface area contributed by atoms with E-state index in [1.54, 1.807) is 24.9 Å². The fourth-order valence-electron chi connectivity index (χ4n) is 1.99. The average molecular weight is 356 g/mol. The molecule has 0 radical (unpaired) electrons. The molecule has 114 valence electrons. The Hall–Kier alpha value is -1.70. The number of hydrogen-bond acceptors (Lipinski definition) is 6. The van der Waals surface area contributed by atoms with Gasteiger partial charge in [-0.3, -0.25) is 14.9 Å². The first-order valence-electron chi connectivity index (χ1n) is 6.74. The number of aromatic nitrogens is 2. The number of halogens is 1. The van der Waals surface area contributed by atoms with E-state index in [2.05, 4.69) is 36.5 Å². The summed E-state index contributed by atoms with van der Waals surface area (Å²) in [5, 5.41) is 5.44. The summed E-state index contributed by atoms with van der Waals surface area (Å²) in [5.41, 5.74) is -0.868. The Morgan fingerprint density at radius 1 is 1.48 bits per heavy atom. The molecule has 0 bridgehead atoms. The Balaban J connectivity index is 2.38. The number of hydrogen-bond donors (Lipinski definition) is 2. The van der Waals surface area contributed by atoms with E-state index in [1.807, 2.05) is 6.92 Å². The molecule has 0 unspecified atom stereocenters. The molecule has 0 spiro atoms. The average Bonchev–Trinajstić information content (AvgIpc) is 2.42. The summed E-state index contributed by atoms with van der Waals surface area (Å²) < 4.78 is 0.639. The Bertz CT molecular complexity index is 576. The highest BCUT2D eigenvalue weighted by Gasteiger charge is 2.42. The van der Waals surface area contributed by atoms with Crippen molar-refractivity contribution >= 4 is 39.5 Å². The van der Waals surface area contributed by atoms with Gasteiger partial charge in [-0.1, -0.05) is 6.92 Å². The van der Waals surface area contributed by atoms with Gasteiger partial charge in [-0.25, -0.2) is 4.98 Å². The predicted molar refractivity (Wildman–Crippen MR) is 83.1 cm³/mol. The summed E-state index contributed by atoms with van der Waals surface area (Å²) in [7, 11) is 0. The molecule has 1 aliphatic heterocycles. The van der Waals surface area contributed by atoms with E-state index in [0.717, 1.165) is 13.0 Å². The van der Waals surface area contributed by atoms with Crippen molar-refractivity contribution < 1.29 is 9.59 Å². The normalized spacial score (nSPS) is 17.6. The van der Waals surface area contributed by atoms with Gasteiger partial charge in [0.15, 0.2) is 0 Å². The molecule has 7 nitrogen and oxygen atoms in total. The minimum absolute atomic E-state index is 0.0710. The molecule has 2 heterocycles. The van der Waals surface area contributed by atoms with E-state index in [4.69, 9.17) is 0 Å². The lowest BCUT2D eigenvalue weighted by atomic mass is 9.99. The number of imide groups is 1. The first kappa shape index (κ1) is 15.7. The van der Waals surface area contributed by atoms with Gasteiger partial charge in [-0.05, 0) is 36.2 Å². The number of nitrogens with zero attached hydrogens (tertiary/aromatic N) is 3. The lowest BCUT2D eigenvalue weighted by Gasteiger charge is -2.41. The quantitative estimate of drug-likeness (QED) is 0.791. The van der Waals surface area contributed by atoms with Gasteiger partial charge in [-0.15, -0.1) is 0 Å².